The monoisotopic (exact) mass is 250 g/mol. The van der Waals surface area contributed by atoms with Crippen molar-refractivity contribution in [1.82, 2.24) is 0 Å². The van der Waals surface area contributed by atoms with Gasteiger partial charge in [0.1, 0.15) is 5.75 Å². The molecule has 4 heteroatoms. The molecule has 98 valence electrons. The molecule has 0 aliphatic carbocycles. The number of hydrogen-bond donors (Lipinski definition) is 1. The summed E-state index contributed by atoms with van der Waals surface area (Å²) in [4.78, 5) is 11.4. The minimum absolute atomic E-state index is 0.206. The van der Waals surface area contributed by atoms with Crippen molar-refractivity contribution in [3.05, 3.63) is 29.3 Å². The minimum atomic E-state index is -0.481. The average molecular weight is 250 g/mol. The molecule has 0 spiro atoms. The number of methoxy groups -OCH3 is 1. The summed E-state index contributed by atoms with van der Waals surface area (Å²) >= 11 is 0. The van der Waals surface area contributed by atoms with Gasteiger partial charge in [-0.2, -0.15) is 0 Å². The van der Waals surface area contributed by atoms with Crippen LogP contribution >= 0.6 is 0 Å². The molecular formula is C14H18O4. The van der Waals surface area contributed by atoms with Crippen LogP contribution in [0.3, 0.4) is 0 Å². The van der Waals surface area contributed by atoms with Crippen LogP contribution in [0.5, 0.6) is 5.75 Å². The van der Waals surface area contributed by atoms with Crippen LogP contribution in [0.2, 0.25) is 0 Å². The third kappa shape index (κ3) is 2.82. The maximum Gasteiger partial charge on any atom is 0.347 e. The quantitative estimate of drug-likeness (QED) is 0.822. The van der Waals surface area contributed by atoms with E-state index < -0.39 is 6.10 Å². The SMILES string of the molecule is COC(=O)C1CCc2cc(CCCO)ccc2O1. The molecule has 1 aromatic carbocycles. The van der Waals surface area contributed by atoms with Gasteiger partial charge in [-0.3, -0.25) is 0 Å². The summed E-state index contributed by atoms with van der Waals surface area (Å²) in [5.74, 6) is 0.453. The van der Waals surface area contributed by atoms with Gasteiger partial charge in [0.15, 0.2) is 6.10 Å². The number of carbonyl (C=O) groups excluding carboxylic acids is 1. The minimum Gasteiger partial charge on any atom is -0.478 e. The topological polar surface area (TPSA) is 55.8 Å². The molecule has 0 saturated heterocycles. The second-order valence-electron chi connectivity index (χ2n) is 4.44. The van der Waals surface area contributed by atoms with Crippen LogP contribution in [0.25, 0.3) is 0 Å². The molecule has 1 unspecified atom stereocenters. The highest BCUT2D eigenvalue weighted by molar-refractivity contribution is 5.75. The van der Waals surface area contributed by atoms with Crippen LogP contribution in [-0.2, 0) is 22.4 Å². The van der Waals surface area contributed by atoms with Crippen molar-refractivity contribution >= 4 is 5.97 Å². The molecule has 0 aromatic heterocycles. The Bertz CT molecular complexity index is 428. The second-order valence-corrected chi connectivity index (χ2v) is 4.44. The zero-order valence-corrected chi connectivity index (χ0v) is 10.5. The number of benzene rings is 1. The number of ether oxygens (including phenoxy) is 2. The lowest BCUT2D eigenvalue weighted by Gasteiger charge is -2.24. The highest BCUT2D eigenvalue weighted by Gasteiger charge is 2.26. The first-order chi connectivity index (χ1) is 8.74. The number of esters is 1. The van der Waals surface area contributed by atoms with Crippen molar-refractivity contribution in [3.8, 4) is 5.75 Å². The molecule has 0 amide bonds. The van der Waals surface area contributed by atoms with Crippen LogP contribution in [0.4, 0.5) is 0 Å². The summed E-state index contributed by atoms with van der Waals surface area (Å²) in [7, 11) is 1.37. The van der Waals surface area contributed by atoms with Crippen LogP contribution in [0.15, 0.2) is 18.2 Å². The fraction of sp³-hybridized carbons (Fsp3) is 0.500. The molecule has 0 radical (unpaired) electrons. The Morgan fingerprint density at radius 1 is 1.56 bits per heavy atom. The van der Waals surface area contributed by atoms with Crippen molar-refractivity contribution in [2.45, 2.75) is 31.8 Å². The van der Waals surface area contributed by atoms with Gasteiger partial charge in [-0.05, 0) is 42.9 Å². The summed E-state index contributed by atoms with van der Waals surface area (Å²) in [6, 6.07) is 5.98. The zero-order chi connectivity index (χ0) is 13.0. The van der Waals surface area contributed by atoms with E-state index >= 15 is 0 Å². The molecule has 0 bridgehead atoms. The molecular weight excluding hydrogens is 232 g/mol. The first kappa shape index (κ1) is 12.9. The molecule has 1 heterocycles. The lowest BCUT2D eigenvalue weighted by atomic mass is 9.98. The summed E-state index contributed by atoms with van der Waals surface area (Å²) in [5, 5.41) is 8.81. The number of rotatable bonds is 4. The third-order valence-electron chi connectivity index (χ3n) is 3.16. The zero-order valence-electron chi connectivity index (χ0n) is 10.5. The summed E-state index contributed by atoms with van der Waals surface area (Å²) < 4.78 is 10.3. The lowest BCUT2D eigenvalue weighted by Crippen LogP contribution is -2.32. The van der Waals surface area contributed by atoms with Crippen LogP contribution in [-0.4, -0.2) is 30.9 Å². The van der Waals surface area contributed by atoms with Gasteiger partial charge in [0.2, 0.25) is 0 Å². The number of aryl methyl sites for hydroxylation is 2. The van der Waals surface area contributed by atoms with E-state index in [0.29, 0.717) is 6.42 Å². The molecule has 0 fully saturated rings. The Morgan fingerprint density at radius 3 is 3.11 bits per heavy atom. The second kappa shape index (κ2) is 5.87. The van der Waals surface area contributed by atoms with E-state index in [9.17, 15) is 4.79 Å². The molecule has 0 saturated carbocycles. The summed E-state index contributed by atoms with van der Waals surface area (Å²) in [6.45, 7) is 0.206. The molecule has 1 aromatic rings. The van der Waals surface area contributed by atoms with Crippen molar-refractivity contribution in [3.63, 3.8) is 0 Å². The van der Waals surface area contributed by atoms with E-state index in [1.807, 2.05) is 12.1 Å². The fourth-order valence-corrected chi connectivity index (χ4v) is 2.18. The lowest BCUT2D eigenvalue weighted by molar-refractivity contribution is -0.149. The Labute approximate surface area is 107 Å². The largest absolute Gasteiger partial charge is 0.478 e. The van der Waals surface area contributed by atoms with E-state index in [-0.39, 0.29) is 12.6 Å². The van der Waals surface area contributed by atoms with Crippen molar-refractivity contribution < 1.29 is 19.4 Å². The van der Waals surface area contributed by atoms with E-state index in [2.05, 4.69) is 10.8 Å². The molecule has 1 atom stereocenters. The molecule has 1 N–H and O–H groups in total. The van der Waals surface area contributed by atoms with Crippen LogP contribution < -0.4 is 4.74 Å². The number of fused-ring (bicyclic) bond motifs is 1. The van der Waals surface area contributed by atoms with Gasteiger partial charge in [-0.15, -0.1) is 0 Å². The van der Waals surface area contributed by atoms with E-state index in [1.54, 1.807) is 0 Å². The molecule has 4 nitrogen and oxygen atoms in total. The highest BCUT2D eigenvalue weighted by Crippen LogP contribution is 2.29. The Kier molecular flexibility index (Phi) is 4.20. The van der Waals surface area contributed by atoms with Gasteiger partial charge < -0.3 is 14.6 Å². The van der Waals surface area contributed by atoms with E-state index in [1.165, 1.54) is 12.7 Å². The van der Waals surface area contributed by atoms with Gasteiger partial charge in [0.05, 0.1) is 7.11 Å². The van der Waals surface area contributed by atoms with Gasteiger partial charge in [-0.25, -0.2) is 4.79 Å². The molecule has 1 aliphatic heterocycles. The van der Waals surface area contributed by atoms with E-state index in [0.717, 1.165) is 30.6 Å². The number of carbonyl (C=O) groups is 1. The van der Waals surface area contributed by atoms with Crippen molar-refractivity contribution in [2.75, 3.05) is 13.7 Å². The maximum atomic E-state index is 11.4. The number of hydrogen-bond acceptors (Lipinski definition) is 4. The predicted octanol–water partition coefficient (Wildman–Crippen LogP) is 1.48. The predicted molar refractivity (Wildman–Crippen MR) is 66.6 cm³/mol. The number of aliphatic hydroxyl groups is 1. The molecule has 1 aliphatic rings. The smallest absolute Gasteiger partial charge is 0.347 e. The summed E-state index contributed by atoms with van der Waals surface area (Å²) in [5.41, 5.74) is 2.33. The first-order valence-corrected chi connectivity index (χ1v) is 6.21. The van der Waals surface area contributed by atoms with Crippen LogP contribution in [0.1, 0.15) is 24.0 Å². The van der Waals surface area contributed by atoms with Crippen molar-refractivity contribution in [2.24, 2.45) is 0 Å². The third-order valence-corrected chi connectivity index (χ3v) is 3.16. The molecule has 2 rings (SSSR count). The normalized spacial score (nSPS) is 17.8. The van der Waals surface area contributed by atoms with Gasteiger partial charge >= 0.3 is 5.97 Å². The maximum absolute atomic E-state index is 11.4. The average Bonchev–Trinajstić information content (AvgIpc) is 2.43. The standard InChI is InChI=1S/C14H18O4/c1-17-14(16)13-7-5-11-9-10(3-2-8-15)4-6-12(11)18-13/h4,6,9,13,15H,2-3,5,7-8H2,1H3. The van der Waals surface area contributed by atoms with Crippen LogP contribution in [0, 0.1) is 0 Å². The van der Waals surface area contributed by atoms with Gasteiger partial charge in [-0.1, -0.05) is 12.1 Å². The van der Waals surface area contributed by atoms with Crippen molar-refractivity contribution in [1.29, 1.82) is 0 Å². The Balaban J connectivity index is 2.08. The first-order valence-electron chi connectivity index (χ1n) is 6.21. The van der Waals surface area contributed by atoms with Gasteiger partial charge in [0.25, 0.3) is 0 Å². The summed E-state index contributed by atoms with van der Waals surface area (Å²) in [6.07, 6.45) is 2.63. The van der Waals surface area contributed by atoms with Gasteiger partial charge in [0, 0.05) is 6.61 Å². The highest BCUT2D eigenvalue weighted by atomic mass is 16.6. The fourth-order valence-electron chi connectivity index (χ4n) is 2.18. The van der Waals surface area contributed by atoms with E-state index in [4.69, 9.17) is 9.84 Å². The molecule has 18 heavy (non-hydrogen) atoms. The Hall–Kier alpha value is -1.55. The Morgan fingerprint density at radius 2 is 2.39 bits per heavy atom. The number of aliphatic hydroxyl groups excluding tert-OH is 1.